The van der Waals surface area contributed by atoms with Gasteiger partial charge in [0, 0.05) is 12.8 Å². The fourth-order valence-corrected chi connectivity index (χ4v) is 2.64. The maximum atomic E-state index is 10.6. The number of aromatic nitrogens is 2. The van der Waals surface area contributed by atoms with Crippen LogP contribution < -0.4 is 0 Å². The fourth-order valence-electron chi connectivity index (χ4n) is 2.64. The SMILES string of the molecule is OC1[C@H](O)CC(O)(c2nc3ccccc3[nH]2)C[C@H]1O. The average molecular weight is 264 g/mol. The van der Waals surface area contributed by atoms with Crippen LogP contribution >= 0.6 is 0 Å². The minimum absolute atomic E-state index is 0.0644. The molecule has 0 spiro atoms. The van der Waals surface area contributed by atoms with Crippen LogP contribution in [0.1, 0.15) is 18.7 Å². The van der Waals surface area contributed by atoms with Gasteiger partial charge in [-0.25, -0.2) is 4.98 Å². The topological polar surface area (TPSA) is 110 Å². The molecule has 2 aromatic rings. The van der Waals surface area contributed by atoms with Crippen LogP contribution in [0.4, 0.5) is 0 Å². The molecule has 0 unspecified atom stereocenters. The first kappa shape index (κ1) is 12.6. The molecule has 102 valence electrons. The zero-order valence-electron chi connectivity index (χ0n) is 10.2. The van der Waals surface area contributed by atoms with Gasteiger partial charge in [0.05, 0.1) is 23.2 Å². The highest BCUT2D eigenvalue weighted by Gasteiger charge is 2.46. The number of benzene rings is 1. The van der Waals surface area contributed by atoms with Crippen LogP contribution in [0.3, 0.4) is 0 Å². The molecule has 2 atom stereocenters. The Kier molecular flexibility index (Phi) is 2.83. The summed E-state index contributed by atoms with van der Waals surface area (Å²) in [5, 5.41) is 39.5. The van der Waals surface area contributed by atoms with E-state index in [1.165, 1.54) is 0 Å². The van der Waals surface area contributed by atoms with E-state index in [-0.39, 0.29) is 12.8 Å². The second-order valence-corrected chi connectivity index (χ2v) is 5.17. The van der Waals surface area contributed by atoms with E-state index < -0.39 is 23.9 Å². The van der Waals surface area contributed by atoms with Crippen molar-refractivity contribution in [2.24, 2.45) is 0 Å². The van der Waals surface area contributed by atoms with E-state index >= 15 is 0 Å². The quantitative estimate of drug-likeness (QED) is 0.482. The van der Waals surface area contributed by atoms with Crippen molar-refractivity contribution in [2.75, 3.05) is 0 Å². The van der Waals surface area contributed by atoms with Gasteiger partial charge in [-0.05, 0) is 12.1 Å². The second kappa shape index (κ2) is 4.28. The summed E-state index contributed by atoms with van der Waals surface area (Å²) in [5.41, 5.74) is 0.0268. The number of nitrogens with zero attached hydrogens (tertiary/aromatic N) is 1. The summed E-state index contributed by atoms with van der Waals surface area (Å²) < 4.78 is 0. The first-order valence-electron chi connectivity index (χ1n) is 6.21. The molecular formula is C13H16N2O4. The van der Waals surface area contributed by atoms with Gasteiger partial charge >= 0.3 is 0 Å². The van der Waals surface area contributed by atoms with Gasteiger partial charge < -0.3 is 25.4 Å². The van der Waals surface area contributed by atoms with Gasteiger partial charge in [-0.3, -0.25) is 0 Å². The minimum atomic E-state index is -1.46. The van der Waals surface area contributed by atoms with Gasteiger partial charge in [0.1, 0.15) is 17.5 Å². The van der Waals surface area contributed by atoms with Crippen LogP contribution in [0, 0.1) is 0 Å². The molecule has 1 aliphatic rings. The van der Waals surface area contributed by atoms with Crippen LogP contribution in [0.25, 0.3) is 11.0 Å². The smallest absolute Gasteiger partial charge is 0.139 e. The molecule has 6 heteroatoms. The third-order valence-electron chi connectivity index (χ3n) is 3.71. The Balaban J connectivity index is 2.00. The summed E-state index contributed by atoms with van der Waals surface area (Å²) in [6.45, 7) is 0. The van der Waals surface area contributed by atoms with E-state index in [0.29, 0.717) is 11.3 Å². The third kappa shape index (κ3) is 2.02. The number of fused-ring (bicyclic) bond motifs is 1. The van der Waals surface area contributed by atoms with Crippen molar-refractivity contribution in [3.63, 3.8) is 0 Å². The lowest BCUT2D eigenvalue weighted by atomic mass is 9.79. The molecule has 1 heterocycles. The van der Waals surface area contributed by atoms with Crippen LogP contribution in [0.15, 0.2) is 24.3 Å². The Morgan fingerprint density at radius 3 is 2.37 bits per heavy atom. The molecular weight excluding hydrogens is 248 g/mol. The van der Waals surface area contributed by atoms with Crippen LogP contribution in [0.2, 0.25) is 0 Å². The molecule has 0 aliphatic heterocycles. The highest BCUT2D eigenvalue weighted by atomic mass is 16.4. The fraction of sp³-hybridized carbons (Fsp3) is 0.462. The van der Waals surface area contributed by atoms with Crippen LogP contribution in [0.5, 0.6) is 0 Å². The molecule has 1 aliphatic carbocycles. The van der Waals surface area contributed by atoms with Gasteiger partial charge in [0.15, 0.2) is 0 Å². The van der Waals surface area contributed by atoms with Gasteiger partial charge in [0.25, 0.3) is 0 Å². The molecule has 6 nitrogen and oxygen atoms in total. The average Bonchev–Trinajstić information content (AvgIpc) is 2.80. The normalized spacial score (nSPS) is 35.7. The van der Waals surface area contributed by atoms with Crippen LogP contribution in [-0.4, -0.2) is 48.7 Å². The molecule has 3 rings (SSSR count). The van der Waals surface area contributed by atoms with E-state index in [4.69, 9.17) is 0 Å². The number of aliphatic hydroxyl groups excluding tert-OH is 3. The number of nitrogens with one attached hydrogen (secondary N) is 1. The van der Waals surface area contributed by atoms with Crippen molar-refractivity contribution >= 4 is 11.0 Å². The summed E-state index contributed by atoms with van der Waals surface area (Å²) in [7, 11) is 0. The van der Waals surface area contributed by atoms with E-state index in [2.05, 4.69) is 9.97 Å². The lowest BCUT2D eigenvalue weighted by Crippen LogP contribution is -2.51. The minimum Gasteiger partial charge on any atom is -0.390 e. The summed E-state index contributed by atoms with van der Waals surface area (Å²) >= 11 is 0. The van der Waals surface area contributed by atoms with E-state index in [1.54, 1.807) is 0 Å². The van der Waals surface area contributed by atoms with E-state index in [0.717, 1.165) is 5.52 Å². The summed E-state index contributed by atoms with van der Waals surface area (Å²) in [6, 6.07) is 7.33. The Morgan fingerprint density at radius 1 is 1.11 bits per heavy atom. The van der Waals surface area contributed by atoms with Crippen molar-refractivity contribution in [3.05, 3.63) is 30.1 Å². The maximum Gasteiger partial charge on any atom is 0.139 e. The molecule has 5 N–H and O–H groups in total. The van der Waals surface area contributed by atoms with Gasteiger partial charge in [0.2, 0.25) is 0 Å². The van der Waals surface area contributed by atoms with Crippen molar-refractivity contribution in [1.82, 2.24) is 9.97 Å². The molecule has 0 saturated heterocycles. The summed E-state index contributed by atoms with van der Waals surface area (Å²) in [4.78, 5) is 7.29. The first-order valence-corrected chi connectivity index (χ1v) is 6.21. The third-order valence-corrected chi connectivity index (χ3v) is 3.71. The predicted molar refractivity (Wildman–Crippen MR) is 67.2 cm³/mol. The van der Waals surface area contributed by atoms with Gasteiger partial charge in [-0.15, -0.1) is 0 Å². The lowest BCUT2D eigenvalue weighted by molar-refractivity contribution is -0.160. The van der Waals surface area contributed by atoms with Crippen molar-refractivity contribution in [2.45, 2.75) is 36.8 Å². The molecule has 0 radical (unpaired) electrons. The van der Waals surface area contributed by atoms with Crippen molar-refractivity contribution in [1.29, 1.82) is 0 Å². The highest BCUT2D eigenvalue weighted by molar-refractivity contribution is 5.74. The molecule has 1 aromatic heterocycles. The predicted octanol–water partition coefficient (Wildman–Crippen LogP) is -0.373. The number of H-pyrrole nitrogens is 1. The Bertz CT molecular complexity index is 552. The standard InChI is InChI=1S/C13H16N2O4/c16-9-5-13(19,6-10(17)11(9)18)12-14-7-3-1-2-4-8(7)15-12/h1-4,9-11,16-19H,5-6H2,(H,14,15)/t9-,10-,11?,13?/m1/s1. The molecule has 1 fully saturated rings. The Labute approximate surface area is 109 Å². The first-order chi connectivity index (χ1) is 8.99. The van der Waals surface area contributed by atoms with Crippen molar-refractivity contribution < 1.29 is 20.4 Å². The van der Waals surface area contributed by atoms with E-state index in [1.807, 2.05) is 24.3 Å². The molecule has 0 amide bonds. The maximum absolute atomic E-state index is 10.6. The van der Waals surface area contributed by atoms with Gasteiger partial charge in [-0.1, -0.05) is 12.1 Å². The number of imidazole rings is 1. The Hall–Kier alpha value is -1.47. The van der Waals surface area contributed by atoms with Gasteiger partial charge in [-0.2, -0.15) is 0 Å². The lowest BCUT2D eigenvalue weighted by Gasteiger charge is -2.39. The number of rotatable bonds is 1. The number of aromatic amines is 1. The zero-order valence-corrected chi connectivity index (χ0v) is 10.2. The monoisotopic (exact) mass is 264 g/mol. The number of aliphatic hydroxyl groups is 4. The number of hydrogen-bond acceptors (Lipinski definition) is 5. The largest absolute Gasteiger partial charge is 0.390 e. The second-order valence-electron chi connectivity index (χ2n) is 5.17. The van der Waals surface area contributed by atoms with Crippen LogP contribution in [-0.2, 0) is 5.60 Å². The molecule has 19 heavy (non-hydrogen) atoms. The highest BCUT2D eigenvalue weighted by Crippen LogP contribution is 2.36. The Morgan fingerprint density at radius 2 is 1.74 bits per heavy atom. The number of hydrogen-bond donors (Lipinski definition) is 5. The molecule has 1 saturated carbocycles. The number of para-hydroxylation sites is 2. The zero-order chi connectivity index (χ0) is 13.6. The summed E-state index contributed by atoms with van der Waals surface area (Å²) in [5.74, 6) is 0.304. The van der Waals surface area contributed by atoms with Crippen molar-refractivity contribution in [3.8, 4) is 0 Å². The molecule has 0 bridgehead atoms. The molecule has 1 aromatic carbocycles. The van der Waals surface area contributed by atoms with E-state index in [9.17, 15) is 20.4 Å². The summed E-state index contributed by atoms with van der Waals surface area (Å²) in [6.07, 6.45) is -3.72.